The minimum Gasteiger partial charge on any atom is -0.0723 e. The molecule has 2 unspecified atom stereocenters. The summed E-state index contributed by atoms with van der Waals surface area (Å²) in [5, 5.41) is 8.14. The van der Waals surface area contributed by atoms with Gasteiger partial charge in [-0.05, 0) is 159 Å². The maximum absolute atomic E-state index is 2.58. The first-order chi connectivity index (χ1) is 27.2. The molecule has 0 N–H and O–H groups in total. The Morgan fingerprint density at radius 1 is 0.236 bits per heavy atom. The van der Waals surface area contributed by atoms with Gasteiger partial charge in [-0.1, -0.05) is 164 Å². The molecule has 0 spiro atoms. The van der Waals surface area contributed by atoms with Gasteiger partial charge >= 0.3 is 0 Å². The van der Waals surface area contributed by atoms with Gasteiger partial charge in [-0.2, -0.15) is 0 Å². The first-order valence-corrected chi connectivity index (χ1v) is 19.5. The molecule has 2 atom stereocenters. The highest BCUT2D eigenvalue weighted by Crippen LogP contribution is 2.43. The van der Waals surface area contributed by atoms with Crippen LogP contribution in [-0.2, 0) is 0 Å². The van der Waals surface area contributed by atoms with Crippen molar-refractivity contribution in [1.82, 2.24) is 0 Å². The van der Waals surface area contributed by atoms with Crippen molar-refractivity contribution in [2.45, 2.75) is 6.42 Å². The van der Waals surface area contributed by atoms with E-state index in [4.69, 9.17) is 0 Å². The highest BCUT2D eigenvalue weighted by atomic mass is 14.4. The maximum Gasteiger partial charge on any atom is -0.00960 e. The number of hydrogen-bond donors (Lipinski definition) is 0. The molecule has 2 aliphatic rings. The van der Waals surface area contributed by atoms with E-state index in [1.807, 2.05) is 0 Å². The fraction of sp³-hybridized carbons (Fsp3) is 0.0545. The molecule has 0 amide bonds. The molecule has 0 heterocycles. The third-order valence-corrected chi connectivity index (χ3v) is 11.8. The van der Waals surface area contributed by atoms with Crippen LogP contribution in [0.2, 0.25) is 0 Å². The van der Waals surface area contributed by atoms with Gasteiger partial charge in [0.2, 0.25) is 0 Å². The molecule has 0 saturated heterocycles. The Hall–Kier alpha value is -6.76. The smallest absolute Gasteiger partial charge is 0.00960 e. The molecule has 0 radical (unpaired) electrons. The third kappa shape index (κ3) is 5.79. The van der Waals surface area contributed by atoms with Crippen molar-refractivity contribution in [1.29, 1.82) is 0 Å². The molecule has 0 aromatic heterocycles. The van der Waals surface area contributed by atoms with Crippen LogP contribution in [-0.4, -0.2) is 0 Å². The summed E-state index contributed by atoms with van der Waals surface area (Å²) in [6.07, 6.45) is 6.41. The lowest BCUT2D eigenvalue weighted by Gasteiger charge is -2.15. The normalized spacial score (nSPS) is 15.5. The average Bonchev–Trinajstić information content (AvgIpc) is 4.05. The summed E-state index contributed by atoms with van der Waals surface area (Å²) in [7, 11) is 0. The van der Waals surface area contributed by atoms with Crippen molar-refractivity contribution in [3.05, 3.63) is 205 Å². The van der Waals surface area contributed by atoms with E-state index in [2.05, 4.69) is 206 Å². The van der Waals surface area contributed by atoms with Crippen molar-refractivity contribution in [3.8, 4) is 66.8 Å². The second-order valence-corrected chi connectivity index (χ2v) is 15.3. The van der Waals surface area contributed by atoms with Crippen molar-refractivity contribution in [2.75, 3.05) is 0 Å². The van der Waals surface area contributed by atoms with Gasteiger partial charge < -0.3 is 0 Å². The SMILES string of the molecule is C1=c2c(c3cc(-c4cc(-c5ccccc5)cc(-c5ccccc5)c4)ccc3c3ccc(-c4cccc(-c5cccc(-c6ccccc6)c5)c4)cc23)=CC2CC12. The second kappa shape index (κ2) is 13.0. The van der Waals surface area contributed by atoms with Gasteiger partial charge in [0.05, 0.1) is 0 Å². The van der Waals surface area contributed by atoms with E-state index in [1.165, 1.54) is 105 Å². The largest absolute Gasteiger partial charge is 0.0723 e. The summed E-state index contributed by atoms with van der Waals surface area (Å²) in [4.78, 5) is 0. The van der Waals surface area contributed by atoms with E-state index >= 15 is 0 Å². The van der Waals surface area contributed by atoms with Crippen LogP contribution in [0.15, 0.2) is 194 Å². The van der Waals surface area contributed by atoms with Crippen molar-refractivity contribution in [3.63, 3.8) is 0 Å². The highest BCUT2D eigenvalue weighted by molar-refractivity contribution is 6.10. The molecule has 0 bridgehead atoms. The summed E-state index contributed by atoms with van der Waals surface area (Å²) < 4.78 is 0. The second-order valence-electron chi connectivity index (χ2n) is 15.3. The van der Waals surface area contributed by atoms with Gasteiger partial charge in [-0.15, -0.1) is 0 Å². The molecule has 55 heavy (non-hydrogen) atoms. The Bertz CT molecular complexity index is 2990. The van der Waals surface area contributed by atoms with E-state index < -0.39 is 0 Å². The van der Waals surface area contributed by atoms with Gasteiger partial charge in [-0.3, -0.25) is 0 Å². The number of benzene rings is 9. The quantitative estimate of drug-likeness (QED) is 0.152. The van der Waals surface area contributed by atoms with Crippen LogP contribution in [0.5, 0.6) is 0 Å². The summed E-state index contributed by atoms with van der Waals surface area (Å²) in [6.45, 7) is 0. The van der Waals surface area contributed by atoms with E-state index in [1.54, 1.807) is 0 Å². The summed E-state index contributed by atoms with van der Waals surface area (Å²) in [5.41, 5.74) is 14.9. The standard InChI is InChI=1S/C55H38/c1-4-12-36(13-5-1)39-18-10-19-40(26-39)41-20-11-21-42(27-41)43-22-24-50-51-25-23-44(33-53(51)55-35-49-31-48(49)34-54(55)52(50)32-43)47-29-45(37-14-6-2-7-15-37)28-46(30-47)38-16-8-3-9-17-38/h1-30,32-35,48-49H,31H2. The van der Waals surface area contributed by atoms with Crippen LogP contribution in [0.4, 0.5) is 0 Å². The lowest BCUT2D eigenvalue weighted by atomic mass is 9.89. The Morgan fingerprint density at radius 3 is 0.982 bits per heavy atom. The number of fused-ring (bicyclic) bond motifs is 7. The zero-order chi connectivity index (χ0) is 36.3. The molecule has 0 nitrogen and oxygen atoms in total. The minimum atomic E-state index is 0.648. The Kier molecular flexibility index (Phi) is 7.49. The van der Waals surface area contributed by atoms with Crippen molar-refractivity contribution < 1.29 is 0 Å². The lowest BCUT2D eigenvalue weighted by Crippen LogP contribution is -2.29. The average molecular weight is 699 g/mol. The minimum absolute atomic E-state index is 0.648. The van der Waals surface area contributed by atoms with Crippen LogP contribution in [0.1, 0.15) is 6.42 Å². The third-order valence-electron chi connectivity index (χ3n) is 11.8. The zero-order valence-corrected chi connectivity index (χ0v) is 30.5. The molecule has 258 valence electrons. The topological polar surface area (TPSA) is 0 Å². The van der Waals surface area contributed by atoms with Gasteiger partial charge in [0.25, 0.3) is 0 Å². The molecule has 9 aromatic carbocycles. The van der Waals surface area contributed by atoms with Gasteiger partial charge in [-0.25, -0.2) is 0 Å². The Morgan fingerprint density at radius 2 is 0.545 bits per heavy atom. The summed E-state index contributed by atoms with van der Waals surface area (Å²) in [6, 6.07) is 71.5. The monoisotopic (exact) mass is 698 g/mol. The van der Waals surface area contributed by atoms with Crippen LogP contribution < -0.4 is 10.4 Å². The zero-order valence-electron chi connectivity index (χ0n) is 30.5. The van der Waals surface area contributed by atoms with Crippen LogP contribution in [0.3, 0.4) is 0 Å². The van der Waals surface area contributed by atoms with E-state index in [9.17, 15) is 0 Å². The molecule has 1 saturated carbocycles. The predicted molar refractivity (Wildman–Crippen MR) is 234 cm³/mol. The predicted octanol–water partition coefficient (Wildman–Crippen LogP) is 13.2. The van der Waals surface area contributed by atoms with Crippen molar-refractivity contribution in [2.24, 2.45) is 11.8 Å². The molecule has 0 aliphatic heterocycles. The fourth-order valence-corrected chi connectivity index (χ4v) is 8.84. The highest BCUT2D eigenvalue weighted by Gasteiger charge is 2.35. The van der Waals surface area contributed by atoms with Gasteiger partial charge in [0.15, 0.2) is 0 Å². The van der Waals surface area contributed by atoms with E-state index in [0.717, 1.165) is 0 Å². The Balaban J connectivity index is 1.04. The van der Waals surface area contributed by atoms with E-state index in [-0.39, 0.29) is 0 Å². The number of rotatable bonds is 6. The lowest BCUT2D eigenvalue weighted by molar-refractivity contribution is 1.07. The maximum atomic E-state index is 2.58. The fourth-order valence-electron chi connectivity index (χ4n) is 8.84. The summed E-state index contributed by atoms with van der Waals surface area (Å²) >= 11 is 0. The molecule has 2 aliphatic carbocycles. The molecule has 11 rings (SSSR count). The van der Waals surface area contributed by atoms with Crippen LogP contribution >= 0.6 is 0 Å². The Labute approximate surface area is 322 Å². The van der Waals surface area contributed by atoms with E-state index in [0.29, 0.717) is 11.8 Å². The number of hydrogen-bond acceptors (Lipinski definition) is 0. The molecule has 1 fully saturated rings. The molecule has 9 aromatic rings. The van der Waals surface area contributed by atoms with Gasteiger partial charge in [0, 0.05) is 0 Å². The van der Waals surface area contributed by atoms with Gasteiger partial charge in [0.1, 0.15) is 0 Å². The molecule has 0 heteroatoms. The molecular weight excluding hydrogens is 661 g/mol. The van der Waals surface area contributed by atoms with Crippen LogP contribution in [0, 0.1) is 11.8 Å². The first kappa shape index (κ1) is 31.7. The first-order valence-electron chi connectivity index (χ1n) is 19.5. The molecular formula is C55H38. The van der Waals surface area contributed by atoms with Crippen molar-refractivity contribution >= 4 is 33.7 Å². The van der Waals surface area contributed by atoms with Crippen LogP contribution in [0.25, 0.3) is 100 Å². The summed E-state index contributed by atoms with van der Waals surface area (Å²) in [5.74, 6) is 1.30.